The van der Waals surface area contributed by atoms with E-state index in [-0.39, 0.29) is 0 Å². The summed E-state index contributed by atoms with van der Waals surface area (Å²) in [6.07, 6.45) is 9.78. The molecule has 1 aliphatic rings. The van der Waals surface area contributed by atoms with Crippen LogP contribution in [0.25, 0.3) is 0 Å². The molecule has 0 aromatic heterocycles. The molecule has 1 fully saturated rings. The Morgan fingerprint density at radius 3 is 2.93 bits per heavy atom. The summed E-state index contributed by atoms with van der Waals surface area (Å²) in [5.41, 5.74) is 1.18. The van der Waals surface area contributed by atoms with Crippen molar-refractivity contribution in [2.75, 3.05) is 13.6 Å². The molecule has 0 bridgehead atoms. The molecular weight excluding hydrogens is 170 g/mol. The van der Waals surface area contributed by atoms with Crippen LogP contribution in [0, 0.1) is 0 Å². The van der Waals surface area contributed by atoms with Crippen LogP contribution >= 0.6 is 0 Å². The van der Waals surface area contributed by atoms with Gasteiger partial charge < -0.3 is 4.90 Å². The summed E-state index contributed by atoms with van der Waals surface area (Å²) in [5, 5.41) is 0. The van der Waals surface area contributed by atoms with Gasteiger partial charge in [0.1, 0.15) is 0 Å². The van der Waals surface area contributed by atoms with Crippen molar-refractivity contribution in [1.82, 2.24) is 4.90 Å². The maximum Gasteiger partial charge on any atom is 0.00953 e. The third kappa shape index (κ3) is 3.67. The minimum Gasteiger partial charge on any atom is -0.303 e. The fraction of sp³-hybridized carbons (Fsp3) is 0.692. The van der Waals surface area contributed by atoms with Crippen LogP contribution in [-0.2, 0) is 0 Å². The SMILES string of the molecule is C=CC(=C)CCC1CCCCCN1C. The van der Waals surface area contributed by atoms with Crippen LogP contribution in [0.1, 0.15) is 38.5 Å². The Hall–Kier alpha value is -0.560. The van der Waals surface area contributed by atoms with Crippen molar-refractivity contribution in [2.24, 2.45) is 0 Å². The minimum absolute atomic E-state index is 0.772. The Morgan fingerprint density at radius 2 is 2.21 bits per heavy atom. The largest absolute Gasteiger partial charge is 0.303 e. The van der Waals surface area contributed by atoms with E-state index in [2.05, 4.69) is 25.1 Å². The summed E-state index contributed by atoms with van der Waals surface area (Å²) in [7, 11) is 2.26. The van der Waals surface area contributed by atoms with Gasteiger partial charge >= 0.3 is 0 Å². The van der Waals surface area contributed by atoms with Gasteiger partial charge in [-0.05, 0) is 39.3 Å². The molecule has 0 aromatic carbocycles. The van der Waals surface area contributed by atoms with E-state index in [0.717, 1.165) is 12.5 Å². The van der Waals surface area contributed by atoms with Gasteiger partial charge in [-0.1, -0.05) is 37.6 Å². The van der Waals surface area contributed by atoms with E-state index in [1.54, 1.807) is 0 Å². The Labute approximate surface area is 88.5 Å². The number of hydrogen-bond donors (Lipinski definition) is 0. The predicted molar refractivity (Wildman–Crippen MR) is 63.5 cm³/mol. The Kier molecular flexibility index (Phi) is 4.95. The lowest BCUT2D eigenvalue weighted by molar-refractivity contribution is 0.235. The highest BCUT2D eigenvalue weighted by Crippen LogP contribution is 2.20. The molecule has 14 heavy (non-hydrogen) atoms. The van der Waals surface area contributed by atoms with Crippen molar-refractivity contribution >= 4 is 0 Å². The molecule has 0 aliphatic carbocycles. The number of hydrogen-bond acceptors (Lipinski definition) is 1. The van der Waals surface area contributed by atoms with Crippen LogP contribution in [0.5, 0.6) is 0 Å². The first-order chi connectivity index (χ1) is 6.74. The highest BCUT2D eigenvalue weighted by molar-refractivity contribution is 5.10. The second kappa shape index (κ2) is 6.02. The molecule has 0 spiro atoms. The highest BCUT2D eigenvalue weighted by atomic mass is 15.1. The summed E-state index contributed by atoms with van der Waals surface area (Å²) in [6.45, 7) is 8.99. The standard InChI is InChI=1S/C13H23N/c1-4-12(2)9-10-13-8-6-5-7-11-14(13)3/h4,13H,1-2,5-11H2,3H3. The van der Waals surface area contributed by atoms with Crippen LogP contribution in [0.15, 0.2) is 24.8 Å². The fourth-order valence-electron chi connectivity index (χ4n) is 2.14. The number of likely N-dealkylation sites (tertiary alicyclic amines) is 1. The normalized spacial score (nSPS) is 24.2. The van der Waals surface area contributed by atoms with Gasteiger partial charge in [0.2, 0.25) is 0 Å². The monoisotopic (exact) mass is 193 g/mol. The lowest BCUT2D eigenvalue weighted by Crippen LogP contribution is -2.30. The molecular formula is C13H23N. The number of allylic oxidation sites excluding steroid dienone is 2. The van der Waals surface area contributed by atoms with Crippen LogP contribution in [0.4, 0.5) is 0 Å². The van der Waals surface area contributed by atoms with Gasteiger partial charge in [-0.3, -0.25) is 0 Å². The Bertz CT molecular complexity index is 195. The van der Waals surface area contributed by atoms with E-state index < -0.39 is 0 Å². The highest BCUT2D eigenvalue weighted by Gasteiger charge is 2.16. The average molecular weight is 193 g/mol. The topological polar surface area (TPSA) is 3.24 Å². The van der Waals surface area contributed by atoms with E-state index in [1.165, 1.54) is 44.2 Å². The van der Waals surface area contributed by atoms with Crippen molar-refractivity contribution in [3.8, 4) is 0 Å². The number of nitrogens with zero attached hydrogens (tertiary/aromatic N) is 1. The molecule has 1 heteroatoms. The molecule has 80 valence electrons. The predicted octanol–water partition coefficient (Wildman–Crippen LogP) is 3.38. The zero-order chi connectivity index (χ0) is 10.4. The van der Waals surface area contributed by atoms with Gasteiger partial charge in [0, 0.05) is 6.04 Å². The van der Waals surface area contributed by atoms with Crippen LogP contribution < -0.4 is 0 Å². The third-order valence-corrected chi connectivity index (χ3v) is 3.26. The summed E-state index contributed by atoms with van der Waals surface area (Å²) in [6, 6.07) is 0.772. The lowest BCUT2D eigenvalue weighted by Gasteiger charge is -2.25. The second-order valence-electron chi connectivity index (χ2n) is 4.38. The molecule has 1 atom stereocenters. The van der Waals surface area contributed by atoms with Crippen LogP contribution in [0.2, 0.25) is 0 Å². The average Bonchev–Trinajstić information content (AvgIpc) is 2.39. The van der Waals surface area contributed by atoms with Crippen molar-refractivity contribution < 1.29 is 0 Å². The lowest BCUT2D eigenvalue weighted by atomic mass is 10.0. The third-order valence-electron chi connectivity index (χ3n) is 3.26. The second-order valence-corrected chi connectivity index (χ2v) is 4.38. The quantitative estimate of drug-likeness (QED) is 0.619. The van der Waals surface area contributed by atoms with Crippen LogP contribution in [0.3, 0.4) is 0 Å². The molecule has 0 N–H and O–H groups in total. The Balaban J connectivity index is 2.33. The maximum absolute atomic E-state index is 3.97. The molecule has 0 radical (unpaired) electrons. The molecule has 1 rings (SSSR count). The first-order valence-electron chi connectivity index (χ1n) is 5.74. The molecule has 1 heterocycles. The van der Waals surface area contributed by atoms with Gasteiger partial charge in [0.25, 0.3) is 0 Å². The van der Waals surface area contributed by atoms with Crippen LogP contribution in [-0.4, -0.2) is 24.5 Å². The maximum atomic E-state index is 3.97. The smallest absolute Gasteiger partial charge is 0.00953 e. The first kappa shape index (κ1) is 11.5. The minimum atomic E-state index is 0.772. The van der Waals surface area contributed by atoms with Crippen molar-refractivity contribution in [3.05, 3.63) is 24.8 Å². The molecule has 0 aromatic rings. The fourth-order valence-corrected chi connectivity index (χ4v) is 2.14. The molecule has 1 nitrogen and oxygen atoms in total. The summed E-state index contributed by atoms with van der Waals surface area (Å²) < 4.78 is 0. The number of rotatable bonds is 4. The van der Waals surface area contributed by atoms with Crippen molar-refractivity contribution in [2.45, 2.75) is 44.6 Å². The Morgan fingerprint density at radius 1 is 1.43 bits per heavy atom. The first-order valence-corrected chi connectivity index (χ1v) is 5.74. The zero-order valence-electron chi connectivity index (χ0n) is 9.47. The van der Waals surface area contributed by atoms with E-state index in [0.29, 0.717) is 0 Å². The van der Waals surface area contributed by atoms with E-state index in [9.17, 15) is 0 Å². The molecule has 1 saturated heterocycles. The molecule has 1 aliphatic heterocycles. The molecule has 0 saturated carbocycles. The van der Waals surface area contributed by atoms with Crippen molar-refractivity contribution in [1.29, 1.82) is 0 Å². The van der Waals surface area contributed by atoms with Gasteiger partial charge in [-0.15, -0.1) is 0 Å². The molecule has 0 amide bonds. The van der Waals surface area contributed by atoms with Gasteiger partial charge in [-0.2, -0.15) is 0 Å². The van der Waals surface area contributed by atoms with Gasteiger partial charge in [-0.25, -0.2) is 0 Å². The molecule has 1 unspecified atom stereocenters. The zero-order valence-corrected chi connectivity index (χ0v) is 9.47. The van der Waals surface area contributed by atoms with E-state index >= 15 is 0 Å². The summed E-state index contributed by atoms with van der Waals surface area (Å²) >= 11 is 0. The van der Waals surface area contributed by atoms with Crippen molar-refractivity contribution in [3.63, 3.8) is 0 Å². The van der Waals surface area contributed by atoms with Gasteiger partial charge in [0.15, 0.2) is 0 Å². The summed E-state index contributed by atoms with van der Waals surface area (Å²) in [5.74, 6) is 0. The van der Waals surface area contributed by atoms with E-state index in [4.69, 9.17) is 0 Å². The van der Waals surface area contributed by atoms with E-state index in [1.807, 2.05) is 6.08 Å². The summed E-state index contributed by atoms with van der Waals surface area (Å²) in [4.78, 5) is 2.52. The van der Waals surface area contributed by atoms with Gasteiger partial charge in [0.05, 0.1) is 0 Å².